The van der Waals surface area contributed by atoms with Crippen LogP contribution < -0.4 is 10.2 Å². The zero-order valence-electron chi connectivity index (χ0n) is 15.9. The number of hydrogen-bond donors (Lipinski definition) is 2. The van der Waals surface area contributed by atoms with Crippen molar-refractivity contribution in [3.63, 3.8) is 0 Å². The molecule has 12 heteroatoms. The first-order chi connectivity index (χ1) is 14.1. The zero-order chi connectivity index (χ0) is 20.0. The molecule has 0 aliphatic carbocycles. The number of halogens is 2. The second-order valence-corrected chi connectivity index (χ2v) is 8.82. The number of piperidine rings is 1. The van der Waals surface area contributed by atoms with Gasteiger partial charge in [0, 0.05) is 19.2 Å². The number of fused-ring (bicyclic) bond motifs is 1. The van der Waals surface area contributed by atoms with Crippen molar-refractivity contribution in [3.05, 3.63) is 30.5 Å². The number of aromatic hydroxyl groups is 1. The van der Waals surface area contributed by atoms with Crippen molar-refractivity contribution in [1.82, 2.24) is 30.0 Å². The Morgan fingerprint density at radius 2 is 1.97 bits per heavy atom. The van der Waals surface area contributed by atoms with Crippen LogP contribution in [0.5, 0.6) is 5.75 Å². The Hall–Kier alpha value is -2.34. The molecule has 158 valence electrons. The molecule has 0 aromatic carbocycles. The minimum absolute atomic E-state index is 0. The van der Waals surface area contributed by atoms with Gasteiger partial charge in [-0.3, -0.25) is 0 Å². The van der Waals surface area contributed by atoms with E-state index in [1.165, 1.54) is 34.5 Å². The van der Waals surface area contributed by atoms with Crippen LogP contribution in [0.2, 0.25) is 0 Å². The Labute approximate surface area is 185 Å². The molecule has 1 aliphatic heterocycles. The standard InChI is InChI=1S/C18H18FN7OS2.ClH/c1-25(11-2-4-20-5-3-11)18-24-17-16(29-18)23-15(28-17)14-13(27)6-12(8-21-14)26-9-10(19)7-22-26;/h6-9,11,20,27H,2-5H2,1H3;1H. The molecular weight excluding hydrogens is 449 g/mol. The Morgan fingerprint density at radius 3 is 2.63 bits per heavy atom. The summed E-state index contributed by atoms with van der Waals surface area (Å²) in [4.78, 5) is 17.6. The van der Waals surface area contributed by atoms with E-state index in [9.17, 15) is 9.50 Å². The van der Waals surface area contributed by atoms with Crippen LogP contribution in [0.3, 0.4) is 0 Å². The molecule has 1 aliphatic rings. The summed E-state index contributed by atoms with van der Waals surface area (Å²) in [6.07, 6.45) is 6.06. The van der Waals surface area contributed by atoms with Gasteiger partial charge < -0.3 is 15.3 Å². The summed E-state index contributed by atoms with van der Waals surface area (Å²) in [7, 11) is 2.09. The van der Waals surface area contributed by atoms with E-state index in [4.69, 9.17) is 4.98 Å². The lowest BCUT2D eigenvalue weighted by molar-refractivity contribution is 0.443. The fourth-order valence-electron chi connectivity index (χ4n) is 3.41. The largest absolute Gasteiger partial charge is 0.505 e. The van der Waals surface area contributed by atoms with Crippen LogP contribution in [0.1, 0.15) is 12.8 Å². The lowest BCUT2D eigenvalue weighted by Crippen LogP contribution is -2.41. The summed E-state index contributed by atoms with van der Waals surface area (Å²) in [5, 5.41) is 19.3. The van der Waals surface area contributed by atoms with Gasteiger partial charge in [0.15, 0.2) is 20.6 Å². The molecule has 30 heavy (non-hydrogen) atoms. The molecule has 4 aromatic rings. The monoisotopic (exact) mass is 467 g/mol. The third-order valence-electron chi connectivity index (χ3n) is 4.99. The highest BCUT2D eigenvalue weighted by Crippen LogP contribution is 2.38. The number of rotatable bonds is 4. The quantitative estimate of drug-likeness (QED) is 0.475. The van der Waals surface area contributed by atoms with Crippen LogP contribution in [0.15, 0.2) is 24.7 Å². The first-order valence-electron chi connectivity index (χ1n) is 9.19. The van der Waals surface area contributed by atoms with Crippen LogP contribution in [0.4, 0.5) is 9.52 Å². The SMILES string of the molecule is CN(c1nc2sc(-c3ncc(-n4cc(F)cn4)cc3O)nc2s1)C1CCNCC1.Cl. The minimum Gasteiger partial charge on any atom is -0.505 e. The number of anilines is 1. The molecule has 2 N–H and O–H groups in total. The van der Waals surface area contributed by atoms with E-state index >= 15 is 0 Å². The maximum absolute atomic E-state index is 13.2. The molecule has 0 saturated carbocycles. The predicted molar refractivity (Wildman–Crippen MR) is 119 cm³/mol. The van der Waals surface area contributed by atoms with Gasteiger partial charge in [0.25, 0.3) is 0 Å². The van der Waals surface area contributed by atoms with Crippen molar-refractivity contribution < 1.29 is 9.50 Å². The average molecular weight is 468 g/mol. The topological polar surface area (TPSA) is 92.0 Å². The fourth-order valence-corrected chi connectivity index (χ4v) is 5.49. The third-order valence-corrected chi connectivity index (χ3v) is 7.12. The summed E-state index contributed by atoms with van der Waals surface area (Å²) in [5.74, 6) is -0.489. The number of hydrogen-bond acceptors (Lipinski definition) is 9. The number of aromatic nitrogens is 5. The molecule has 8 nitrogen and oxygen atoms in total. The Morgan fingerprint density at radius 1 is 1.20 bits per heavy atom. The molecule has 0 radical (unpaired) electrons. The van der Waals surface area contributed by atoms with Gasteiger partial charge in [-0.25, -0.2) is 24.0 Å². The van der Waals surface area contributed by atoms with Gasteiger partial charge in [-0.1, -0.05) is 22.7 Å². The molecule has 0 unspecified atom stereocenters. The van der Waals surface area contributed by atoms with Gasteiger partial charge in [-0.2, -0.15) is 5.10 Å². The van der Waals surface area contributed by atoms with E-state index in [-0.39, 0.29) is 18.2 Å². The summed E-state index contributed by atoms with van der Waals surface area (Å²) >= 11 is 2.95. The second-order valence-electron chi connectivity index (χ2n) is 6.88. The normalized spacial score (nSPS) is 14.7. The van der Waals surface area contributed by atoms with Crippen LogP contribution in [-0.4, -0.2) is 56.0 Å². The number of pyridine rings is 1. The minimum atomic E-state index is -0.454. The highest BCUT2D eigenvalue weighted by molar-refractivity contribution is 7.29. The van der Waals surface area contributed by atoms with Crippen LogP contribution in [0.25, 0.3) is 26.0 Å². The van der Waals surface area contributed by atoms with Crippen molar-refractivity contribution in [1.29, 1.82) is 0 Å². The molecule has 0 amide bonds. The predicted octanol–water partition coefficient (Wildman–Crippen LogP) is 3.46. The van der Waals surface area contributed by atoms with Crippen molar-refractivity contribution in [2.75, 3.05) is 25.0 Å². The van der Waals surface area contributed by atoms with E-state index in [1.54, 1.807) is 11.3 Å². The molecule has 0 atom stereocenters. The van der Waals surface area contributed by atoms with Crippen LogP contribution in [0, 0.1) is 5.82 Å². The van der Waals surface area contributed by atoms with Gasteiger partial charge in [0.1, 0.15) is 16.5 Å². The fraction of sp³-hybridized carbons (Fsp3) is 0.333. The summed E-state index contributed by atoms with van der Waals surface area (Å²) in [6, 6.07) is 1.98. The van der Waals surface area contributed by atoms with Crippen molar-refractivity contribution in [2.24, 2.45) is 0 Å². The smallest absolute Gasteiger partial charge is 0.188 e. The molecule has 1 fully saturated rings. The highest BCUT2D eigenvalue weighted by Gasteiger charge is 2.22. The van der Waals surface area contributed by atoms with Gasteiger partial charge in [0.05, 0.1) is 24.3 Å². The van der Waals surface area contributed by atoms with E-state index in [0.29, 0.717) is 22.4 Å². The lowest BCUT2D eigenvalue weighted by Gasteiger charge is -2.31. The van der Waals surface area contributed by atoms with E-state index in [1.807, 2.05) is 0 Å². The van der Waals surface area contributed by atoms with Crippen LogP contribution >= 0.6 is 35.1 Å². The van der Waals surface area contributed by atoms with Gasteiger partial charge in [-0.05, 0) is 25.9 Å². The first-order valence-corrected chi connectivity index (χ1v) is 10.8. The summed E-state index contributed by atoms with van der Waals surface area (Å²) in [6.45, 7) is 2.06. The number of nitrogens with zero attached hydrogens (tertiary/aromatic N) is 6. The van der Waals surface area contributed by atoms with E-state index < -0.39 is 5.82 Å². The Bertz CT molecular complexity index is 1140. The molecule has 1 saturated heterocycles. The number of thiazole rings is 2. The Kier molecular flexibility index (Phi) is 5.87. The molecular formula is C18H19ClFN7OS2. The number of nitrogens with one attached hydrogen (secondary N) is 1. The zero-order valence-corrected chi connectivity index (χ0v) is 18.4. The lowest BCUT2D eigenvalue weighted by atomic mass is 10.1. The van der Waals surface area contributed by atoms with E-state index in [0.717, 1.165) is 46.9 Å². The molecule has 0 bridgehead atoms. The van der Waals surface area contributed by atoms with Gasteiger partial charge in [-0.15, -0.1) is 12.4 Å². The third kappa shape index (κ3) is 3.85. The van der Waals surface area contributed by atoms with Crippen LogP contribution in [-0.2, 0) is 0 Å². The summed E-state index contributed by atoms with van der Waals surface area (Å²) in [5.41, 5.74) is 0.849. The molecule has 5 heterocycles. The van der Waals surface area contributed by atoms with Crippen molar-refractivity contribution in [3.8, 4) is 22.1 Å². The maximum atomic E-state index is 13.2. The van der Waals surface area contributed by atoms with Crippen molar-refractivity contribution in [2.45, 2.75) is 18.9 Å². The average Bonchev–Trinajstić information content (AvgIpc) is 3.42. The first kappa shape index (κ1) is 20.9. The van der Waals surface area contributed by atoms with E-state index in [2.05, 4.69) is 32.3 Å². The highest BCUT2D eigenvalue weighted by atomic mass is 35.5. The van der Waals surface area contributed by atoms with Gasteiger partial charge >= 0.3 is 0 Å². The molecule has 4 aromatic heterocycles. The maximum Gasteiger partial charge on any atom is 0.188 e. The Balaban J connectivity index is 0.00000218. The van der Waals surface area contributed by atoms with Gasteiger partial charge in [0.2, 0.25) is 0 Å². The summed E-state index contributed by atoms with van der Waals surface area (Å²) < 4.78 is 14.5. The van der Waals surface area contributed by atoms with Crippen molar-refractivity contribution >= 4 is 49.9 Å². The molecule has 5 rings (SSSR count). The second kappa shape index (κ2) is 8.42. The molecule has 0 spiro atoms.